The van der Waals surface area contributed by atoms with Gasteiger partial charge in [-0.25, -0.2) is 0 Å². The van der Waals surface area contributed by atoms with Crippen LogP contribution in [-0.2, 0) is 7.05 Å². The molecule has 0 spiro atoms. The van der Waals surface area contributed by atoms with Crippen LogP contribution in [0.4, 0.5) is 0 Å². The zero-order valence-electron chi connectivity index (χ0n) is 7.09. The van der Waals surface area contributed by atoms with Gasteiger partial charge >= 0.3 is 0 Å². The summed E-state index contributed by atoms with van der Waals surface area (Å²) in [6, 6.07) is 2.19. The van der Waals surface area contributed by atoms with Crippen LogP contribution in [-0.4, -0.2) is 4.57 Å². The van der Waals surface area contributed by atoms with Crippen molar-refractivity contribution in [2.24, 2.45) is 7.05 Å². The molecule has 0 atom stereocenters. The fourth-order valence-electron chi connectivity index (χ4n) is 1.82. The second-order valence-electron chi connectivity index (χ2n) is 3.25. The minimum absolute atomic E-state index is 1.21. The summed E-state index contributed by atoms with van der Waals surface area (Å²) in [4.78, 5) is 0. The predicted molar refractivity (Wildman–Crippen MR) is 47.4 cm³/mol. The molecule has 58 valence electrons. The average Bonchev–Trinajstić information content (AvgIpc) is 2.34. The van der Waals surface area contributed by atoms with Gasteiger partial charge in [0.05, 0.1) is 0 Å². The Morgan fingerprint density at radius 1 is 1.45 bits per heavy atom. The molecule has 0 amide bonds. The maximum Gasteiger partial charge on any atom is 0.0463 e. The molecule has 1 aliphatic carbocycles. The smallest absolute Gasteiger partial charge is 0.0463 e. The predicted octanol–water partition coefficient (Wildman–Crippen LogP) is 0.770. The van der Waals surface area contributed by atoms with Gasteiger partial charge in [-0.2, -0.15) is 0 Å². The molecule has 0 N–H and O–H groups in total. The highest BCUT2D eigenvalue weighted by molar-refractivity contribution is 5.47. The van der Waals surface area contributed by atoms with E-state index in [4.69, 9.17) is 0 Å². The molecular weight excluding hydrogens is 134 g/mol. The fourth-order valence-corrected chi connectivity index (χ4v) is 1.82. The van der Waals surface area contributed by atoms with Crippen LogP contribution < -0.4 is 10.6 Å². The first-order chi connectivity index (χ1) is 5.29. The first-order valence-electron chi connectivity index (χ1n) is 4.10. The van der Waals surface area contributed by atoms with E-state index in [0.717, 1.165) is 0 Å². The van der Waals surface area contributed by atoms with Gasteiger partial charge in [0, 0.05) is 18.6 Å². The standard InChI is InChI=1S/C10H13N/c1-8-4-3-5-9-6-7-11(2)10(8)9/h5-7H,3-4H2,1-2H3. The highest BCUT2D eigenvalue weighted by Gasteiger charge is 2.01. The lowest BCUT2D eigenvalue weighted by atomic mass is 10.1. The van der Waals surface area contributed by atoms with Crippen LogP contribution in [0, 0.1) is 0 Å². The zero-order valence-corrected chi connectivity index (χ0v) is 7.09. The largest absolute Gasteiger partial charge is 0.351 e. The van der Waals surface area contributed by atoms with Crippen molar-refractivity contribution >= 4 is 11.6 Å². The normalized spacial score (nSPS) is 16.0. The number of hydrogen-bond donors (Lipinski definition) is 0. The number of nitrogens with zero attached hydrogens (tertiary/aromatic N) is 1. The first kappa shape index (κ1) is 6.71. The third kappa shape index (κ3) is 0.917. The summed E-state index contributed by atoms with van der Waals surface area (Å²) in [6.45, 7) is 2.23. The van der Waals surface area contributed by atoms with Gasteiger partial charge in [0.2, 0.25) is 0 Å². The Morgan fingerprint density at radius 3 is 3.00 bits per heavy atom. The minimum atomic E-state index is 1.21. The lowest BCUT2D eigenvalue weighted by Gasteiger charge is -2.04. The summed E-state index contributed by atoms with van der Waals surface area (Å²) < 4.78 is 2.21. The summed E-state index contributed by atoms with van der Waals surface area (Å²) in [5, 5.41) is 2.84. The van der Waals surface area contributed by atoms with E-state index in [-0.39, 0.29) is 0 Å². The van der Waals surface area contributed by atoms with Crippen LogP contribution in [0.3, 0.4) is 0 Å². The molecule has 2 rings (SSSR count). The molecule has 0 fully saturated rings. The molecule has 0 saturated carbocycles. The van der Waals surface area contributed by atoms with Crippen LogP contribution >= 0.6 is 0 Å². The molecule has 1 aliphatic rings. The Balaban J connectivity index is 2.94. The van der Waals surface area contributed by atoms with Crippen molar-refractivity contribution < 1.29 is 0 Å². The Kier molecular flexibility index (Phi) is 1.38. The van der Waals surface area contributed by atoms with E-state index < -0.39 is 0 Å². The van der Waals surface area contributed by atoms with E-state index >= 15 is 0 Å². The van der Waals surface area contributed by atoms with Gasteiger partial charge < -0.3 is 4.57 Å². The van der Waals surface area contributed by atoms with Crippen molar-refractivity contribution in [2.45, 2.75) is 19.8 Å². The lowest BCUT2D eigenvalue weighted by Crippen LogP contribution is -2.31. The fraction of sp³-hybridized carbons (Fsp3) is 0.400. The van der Waals surface area contributed by atoms with Crippen molar-refractivity contribution in [3.05, 3.63) is 22.8 Å². The van der Waals surface area contributed by atoms with Crippen molar-refractivity contribution in [3.63, 3.8) is 0 Å². The highest BCUT2D eigenvalue weighted by atomic mass is 14.9. The van der Waals surface area contributed by atoms with Gasteiger partial charge in [0.1, 0.15) is 0 Å². The molecule has 1 aromatic rings. The van der Waals surface area contributed by atoms with E-state index in [1.807, 2.05) is 0 Å². The van der Waals surface area contributed by atoms with Gasteiger partial charge in [-0.05, 0) is 36.6 Å². The van der Waals surface area contributed by atoms with Crippen molar-refractivity contribution in [1.82, 2.24) is 4.57 Å². The van der Waals surface area contributed by atoms with Crippen molar-refractivity contribution in [2.75, 3.05) is 0 Å². The first-order valence-corrected chi connectivity index (χ1v) is 4.10. The third-order valence-corrected chi connectivity index (χ3v) is 2.39. The molecule has 1 heteroatoms. The van der Waals surface area contributed by atoms with Crippen molar-refractivity contribution in [3.8, 4) is 0 Å². The summed E-state index contributed by atoms with van der Waals surface area (Å²) >= 11 is 0. The molecule has 1 heterocycles. The van der Waals surface area contributed by atoms with Gasteiger partial charge in [0.15, 0.2) is 0 Å². The maximum absolute atomic E-state index is 2.32. The Bertz CT molecular complexity index is 381. The second-order valence-corrected chi connectivity index (χ2v) is 3.25. The van der Waals surface area contributed by atoms with Gasteiger partial charge in [-0.15, -0.1) is 0 Å². The van der Waals surface area contributed by atoms with Gasteiger partial charge in [-0.3, -0.25) is 0 Å². The second kappa shape index (κ2) is 2.26. The number of aryl methyl sites for hydroxylation is 1. The van der Waals surface area contributed by atoms with Crippen LogP contribution in [0.2, 0.25) is 0 Å². The Hall–Kier alpha value is -0.980. The summed E-state index contributed by atoms with van der Waals surface area (Å²) in [7, 11) is 2.11. The van der Waals surface area contributed by atoms with Crippen LogP contribution in [0.15, 0.2) is 12.3 Å². The molecule has 0 radical (unpaired) electrons. The average molecular weight is 147 g/mol. The van der Waals surface area contributed by atoms with E-state index in [2.05, 4.69) is 36.9 Å². The topological polar surface area (TPSA) is 4.93 Å². The monoisotopic (exact) mass is 147 g/mol. The molecule has 0 aromatic carbocycles. The summed E-state index contributed by atoms with van der Waals surface area (Å²) in [6.07, 6.45) is 6.89. The van der Waals surface area contributed by atoms with E-state index in [9.17, 15) is 0 Å². The highest BCUT2D eigenvalue weighted by Crippen LogP contribution is 2.05. The molecule has 11 heavy (non-hydrogen) atoms. The number of rotatable bonds is 0. The van der Waals surface area contributed by atoms with Crippen molar-refractivity contribution in [1.29, 1.82) is 0 Å². The molecular formula is C10H13N. The molecule has 0 bridgehead atoms. The molecule has 0 unspecified atom stereocenters. The third-order valence-electron chi connectivity index (χ3n) is 2.39. The molecule has 1 nitrogen and oxygen atoms in total. The zero-order chi connectivity index (χ0) is 7.84. The quantitative estimate of drug-likeness (QED) is 0.511. The van der Waals surface area contributed by atoms with Gasteiger partial charge in [-0.1, -0.05) is 6.08 Å². The maximum atomic E-state index is 2.32. The van der Waals surface area contributed by atoms with Crippen LogP contribution in [0.1, 0.15) is 19.8 Å². The SMILES string of the molecule is CC1=c2c(ccn2C)=CCC1. The number of hydrogen-bond acceptors (Lipinski definition) is 0. The number of aromatic nitrogens is 1. The molecule has 1 aromatic heterocycles. The lowest BCUT2D eigenvalue weighted by molar-refractivity contribution is 0.866. The van der Waals surface area contributed by atoms with E-state index in [0.29, 0.717) is 0 Å². The van der Waals surface area contributed by atoms with E-state index in [1.54, 1.807) is 0 Å². The summed E-state index contributed by atoms with van der Waals surface area (Å²) in [5.74, 6) is 0. The van der Waals surface area contributed by atoms with Crippen LogP contribution in [0.5, 0.6) is 0 Å². The number of fused-ring (bicyclic) bond motifs is 1. The summed E-state index contributed by atoms with van der Waals surface area (Å²) in [5.41, 5.74) is 1.52. The minimum Gasteiger partial charge on any atom is -0.351 e. The molecule has 0 saturated heterocycles. The van der Waals surface area contributed by atoms with Gasteiger partial charge in [0.25, 0.3) is 0 Å². The Labute approximate surface area is 66.7 Å². The van der Waals surface area contributed by atoms with E-state index in [1.165, 1.54) is 29.0 Å². The van der Waals surface area contributed by atoms with Crippen LogP contribution in [0.25, 0.3) is 11.6 Å². The molecule has 0 aliphatic heterocycles. The Morgan fingerprint density at radius 2 is 2.27 bits per heavy atom.